The van der Waals surface area contributed by atoms with Gasteiger partial charge in [0.1, 0.15) is 11.5 Å². The third-order valence-corrected chi connectivity index (χ3v) is 2.91. The van der Waals surface area contributed by atoms with Crippen LogP contribution in [0, 0.1) is 0 Å². The molecule has 0 aliphatic rings. The van der Waals surface area contributed by atoms with Crippen molar-refractivity contribution in [3.63, 3.8) is 0 Å². The summed E-state index contributed by atoms with van der Waals surface area (Å²) < 4.78 is 10.5. The fourth-order valence-electron chi connectivity index (χ4n) is 1.92. The van der Waals surface area contributed by atoms with E-state index in [1.165, 1.54) is 0 Å². The minimum absolute atomic E-state index is 0.133. The summed E-state index contributed by atoms with van der Waals surface area (Å²) >= 11 is 0. The number of anilines is 1. The van der Waals surface area contributed by atoms with Crippen molar-refractivity contribution in [2.75, 3.05) is 19.5 Å². The first-order valence-electron chi connectivity index (χ1n) is 6.36. The Balaban J connectivity index is 2.33. The van der Waals surface area contributed by atoms with Crippen LogP contribution in [0.15, 0.2) is 42.5 Å². The highest BCUT2D eigenvalue weighted by molar-refractivity contribution is 6.12. The van der Waals surface area contributed by atoms with Gasteiger partial charge in [0.15, 0.2) is 5.78 Å². The number of methoxy groups -OCH3 is 1. The molecule has 0 bridgehead atoms. The summed E-state index contributed by atoms with van der Waals surface area (Å²) in [4.78, 5) is 12.4. The summed E-state index contributed by atoms with van der Waals surface area (Å²) in [6.07, 6.45) is 0. The summed E-state index contributed by atoms with van der Waals surface area (Å²) in [5, 5.41) is 0. The molecular weight excluding hydrogens is 254 g/mol. The number of nitrogens with two attached hydrogens (primary N) is 1. The Hall–Kier alpha value is -2.49. The maximum absolute atomic E-state index is 12.4. The van der Waals surface area contributed by atoms with Crippen LogP contribution in [0.2, 0.25) is 0 Å². The van der Waals surface area contributed by atoms with Gasteiger partial charge < -0.3 is 15.2 Å². The zero-order chi connectivity index (χ0) is 14.5. The molecule has 0 amide bonds. The number of hydrogen-bond acceptors (Lipinski definition) is 4. The molecule has 0 saturated carbocycles. The van der Waals surface area contributed by atoms with E-state index in [1.807, 2.05) is 13.0 Å². The molecule has 0 aliphatic carbocycles. The van der Waals surface area contributed by atoms with Gasteiger partial charge in [0.2, 0.25) is 0 Å². The van der Waals surface area contributed by atoms with Crippen LogP contribution in [0.1, 0.15) is 22.8 Å². The van der Waals surface area contributed by atoms with E-state index in [2.05, 4.69) is 0 Å². The number of carbonyl (C=O) groups excluding carboxylic acids is 1. The van der Waals surface area contributed by atoms with Crippen molar-refractivity contribution >= 4 is 11.5 Å². The molecule has 0 radical (unpaired) electrons. The summed E-state index contributed by atoms with van der Waals surface area (Å²) in [5.41, 5.74) is 7.31. The summed E-state index contributed by atoms with van der Waals surface area (Å²) in [6.45, 7) is 2.46. The fourth-order valence-corrected chi connectivity index (χ4v) is 1.92. The molecule has 0 unspecified atom stereocenters. The van der Waals surface area contributed by atoms with E-state index >= 15 is 0 Å². The summed E-state index contributed by atoms with van der Waals surface area (Å²) in [6, 6.07) is 12.1. The van der Waals surface area contributed by atoms with E-state index in [0.29, 0.717) is 34.9 Å². The smallest absolute Gasteiger partial charge is 0.195 e. The van der Waals surface area contributed by atoms with Gasteiger partial charge in [-0.1, -0.05) is 12.1 Å². The molecule has 0 heterocycles. The van der Waals surface area contributed by atoms with Gasteiger partial charge in [-0.05, 0) is 31.2 Å². The average Bonchev–Trinajstić information content (AvgIpc) is 2.47. The number of hydrogen-bond donors (Lipinski definition) is 1. The van der Waals surface area contributed by atoms with Crippen LogP contribution < -0.4 is 15.2 Å². The maximum atomic E-state index is 12.4. The Morgan fingerprint density at radius 3 is 2.60 bits per heavy atom. The second-order valence-electron chi connectivity index (χ2n) is 4.24. The lowest BCUT2D eigenvalue weighted by Crippen LogP contribution is -2.06. The second kappa shape index (κ2) is 6.10. The standard InChI is InChI=1S/C16H17NO3/c1-3-20-13-6-4-5-11(9-13)16(18)14-8-7-12(19-2)10-15(14)17/h4-10H,3,17H2,1-2H3. The van der Waals surface area contributed by atoms with Crippen LogP contribution in [0.3, 0.4) is 0 Å². The van der Waals surface area contributed by atoms with Crippen LogP contribution in [-0.2, 0) is 0 Å². The van der Waals surface area contributed by atoms with E-state index in [4.69, 9.17) is 15.2 Å². The topological polar surface area (TPSA) is 61.5 Å². The van der Waals surface area contributed by atoms with E-state index < -0.39 is 0 Å². The van der Waals surface area contributed by atoms with E-state index in [0.717, 1.165) is 0 Å². The first kappa shape index (κ1) is 13.9. The molecule has 104 valence electrons. The lowest BCUT2D eigenvalue weighted by atomic mass is 10.0. The molecule has 4 heteroatoms. The quantitative estimate of drug-likeness (QED) is 0.671. The Morgan fingerprint density at radius 1 is 1.15 bits per heavy atom. The number of nitrogen functional groups attached to an aromatic ring is 1. The summed E-state index contributed by atoms with van der Waals surface area (Å²) in [7, 11) is 1.56. The Bertz CT molecular complexity index is 623. The maximum Gasteiger partial charge on any atom is 0.195 e. The van der Waals surface area contributed by atoms with E-state index in [9.17, 15) is 4.79 Å². The van der Waals surface area contributed by atoms with Crippen LogP contribution in [0.4, 0.5) is 5.69 Å². The highest BCUT2D eigenvalue weighted by atomic mass is 16.5. The van der Waals surface area contributed by atoms with Gasteiger partial charge in [-0.15, -0.1) is 0 Å². The number of rotatable bonds is 5. The van der Waals surface area contributed by atoms with E-state index in [1.54, 1.807) is 43.5 Å². The Labute approximate surface area is 118 Å². The second-order valence-corrected chi connectivity index (χ2v) is 4.24. The number of carbonyl (C=O) groups is 1. The van der Waals surface area contributed by atoms with Crippen LogP contribution in [-0.4, -0.2) is 19.5 Å². The fraction of sp³-hybridized carbons (Fsp3) is 0.188. The number of ketones is 1. The summed E-state index contributed by atoms with van der Waals surface area (Å²) in [5.74, 6) is 1.17. The SMILES string of the molecule is CCOc1cccc(C(=O)c2ccc(OC)cc2N)c1. The van der Waals surface area contributed by atoms with Crippen molar-refractivity contribution in [1.29, 1.82) is 0 Å². The molecule has 0 fully saturated rings. The molecule has 0 atom stereocenters. The number of ether oxygens (including phenoxy) is 2. The van der Waals surface area contributed by atoms with Crippen LogP contribution >= 0.6 is 0 Å². The van der Waals surface area contributed by atoms with Gasteiger partial charge in [-0.3, -0.25) is 4.79 Å². The van der Waals surface area contributed by atoms with Gasteiger partial charge >= 0.3 is 0 Å². The first-order chi connectivity index (χ1) is 9.65. The zero-order valence-corrected chi connectivity index (χ0v) is 11.6. The molecule has 2 aromatic carbocycles. The van der Waals surface area contributed by atoms with Gasteiger partial charge in [0.05, 0.1) is 13.7 Å². The first-order valence-corrected chi connectivity index (χ1v) is 6.36. The molecule has 0 aliphatic heterocycles. The van der Waals surface area contributed by atoms with Gasteiger partial charge in [0.25, 0.3) is 0 Å². The van der Waals surface area contributed by atoms with Gasteiger partial charge in [-0.2, -0.15) is 0 Å². The Morgan fingerprint density at radius 2 is 1.95 bits per heavy atom. The molecule has 0 saturated heterocycles. The minimum Gasteiger partial charge on any atom is -0.497 e. The van der Waals surface area contributed by atoms with Crippen LogP contribution in [0.25, 0.3) is 0 Å². The van der Waals surface area contributed by atoms with Crippen molar-refractivity contribution in [3.8, 4) is 11.5 Å². The zero-order valence-electron chi connectivity index (χ0n) is 11.6. The Kier molecular flexibility index (Phi) is 4.25. The van der Waals surface area contributed by atoms with Crippen LogP contribution in [0.5, 0.6) is 11.5 Å². The van der Waals surface area contributed by atoms with E-state index in [-0.39, 0.29) is 5.78 Å². The van der Waals surface area contributed by atoms with Crippen molar-refractivity contribution in [3.05, 3.63) is 53.6 Å². The normalized spacial score (nSPS) is 10.1. The molecule has 0 spiro atoms. The molecule has 0 aromatic heterocycles. The minimum atomic E-state index is -0.133. The van der Waals surface area contributed by atoms with Gasteiger partial charge in [0, 0.05) is 22.9 Å². The predicted molar refractivity (Wildman–Crippen MR) is 78.4 cm³/mol. The largest absolute Gasteiger partial charge is 0.497 e. The predicted octanol–water partition coefficient (Wildman–Crippen LogP) is 2.91. The molecule has 2 rings (SSSR count). The molecule has 4 nitrogen and oxygen atoms in total. The third-order valence-electron chi connectivity index (χ3n) is 2.91. The molecule has 2 N–H and O–H groups in total. The highest BCUT2D eigenvalue weighted by Gasteiger charge is 2.13. The van der Waals surface area contributed by atoms with Crippen molar-refractivity contribution in [2.24, 2.45) is 0 Å². The third kappa shape index (κ3) is 2.91. The molecular formula is C16H17NO3. The lowest BCUT2D eigenvalue weighted by Gasteiger charge is -2.08. The molecule has 2 aromatic rings. The molecule has 20 heavy (non-hydrogen) atoms. The highest BCUT2D eigenvalue weighted by Crippen LogP contribution is 2.23. The van der Waals surface area contributed by atoms with Gasteiger partial charge in [-0.25, -0.2) is 0 Å². The lowest BCUT2D eigenvalue weighted by molar-refractivity contribution is 0.103. The van der Waals surface area contributed by atoms with Crippen molar-refractivity contribution < 1.29 is 14.3 Å². The van der Waals surface area contributed by atoms with Crippen molar-refractivity contribution in [1.82, 2.24) is 0 Å². The monoisotopic (exact) mass is 271 g/mol. The van der Waals surface area contributed by atoms with Crippen molar-refractivity contribution in [2.45, 2.75) is 6.92 Å². The average molecular weight is 271 g/mol. The number of benzene rings is 2.